The number of rotatable bonds is 26. The maximum atomic E-state index is 13.1. The van der Waals surface area contributed by atoms with E-state index >= 15 is 0 Å². The van der Waals surface area contributed by atoms with Gasteiger partial charge in [0.2, 0.25) is 0 Å². The van der Waals surface area contributed by atoms with E-state index in [4.69, 9.17) is 23.7 Å². The first-order valence-electron chi connectivity index (χ1n) is 24.5. The van der Waals surface area contributed by atoms with Crippen LogP contribution in [0.4, 0.5) is 0 Å². The molecule has 6 aromatic rings. The number of carbonyl (C=O) groups is 4. The molecule has 6 aromatic carbocycles. The summed E-state index contributed by atoms with van der Waals surface area (Å²) in [4.78, 5) is 50.9. The predicted molar refractivity (Wildman–Crippen MR) is 270 cm³/mol. The second-order valence-electron chi connectivity index (χ2n) is 17.6. The molecule has 0 aromatic heterocycles. The highest BCUT2D eigenvalue weighted by Gasteiger charge is 2.15. The number of hydrogen-bond donors (Lipinski definition) is 0. The summed E-state index contributed by atoms with van der Waals surface area (Å²) in [5, 5.41) is 1.82. The first-order chi connectivity index (χ1) is 33.1. The van der Waals surface area contributed by atoms with Crippen LogP contribution in [0.2, 0.25) is 0 Å². The second kappa shape index (κ2) is 26.6. The fourth-order valence-electron chi connectivity index (χ4n) is 7.89. The van der Waals surface area contributed by atoms with E-state index in [1.165, 1.54) is 25.7 Å². The molecule has 356 valence electrons. The third-order valence-electron chi connectivity index (χ3n) is 11.9. The molecule has 0 heterocycles. The number of hydrogen-bond acceptors (Lipinski definition) is 9. The number of unbranched alkanes of at least 4 members (excludes halogenated alkanes) is 8. The van der Waals surface area contributed by atoms with Gasteiger partial charge in [0.1, 0.15) is 17.2 Å². The molecule has 0 aliphatic carbocycles. The normalized spacial score (nSPS) is 11.9. The molecule has 9 nitrogen and oxygen atoms in total. The van der Waals surface area contributed by atoms with Crippen molar-refractivity contribution in [1.29, 1.82) is 0 Å². The van der Waals surface area contributed by atoms with Crippen LogP contribution in [0.5, 0.6) is 17.2 Å². The lowest BCUT2D eigenvalue weighted by Gasteiger charge is -2.13. The van der Waals surface area contributed by atoms with Crippen molar-refractivity contribution in [3.8, 4) is 39.5 Å². The van der Waals surface area contributed by atoms with Crippen LogP contribution < -0.4 is 14.2 Å². The van der Waals surface area contributed by atoms with Crippen LogP contribution in [0, 0.1) is 0 Å². The average Bonchev–Trinajstić information content (AvgIpc) is 3.35. The van der Waals surface area contributed by atoms with Crippen LogP contribution in [0.15, 0.2) is 133 Å². The maximum Gasteiger partial charge on any atom is 0.343 e. The van der Waals surface area contributed by atoms with E-state index in [1.807, 2.05) is 86.6 Å². The lowest BCUT2D eigenvalue weighted by atomic mass is 10.0. The van der Waals surface area contributed by atoms with E-state index in [-0.39, 0.29) is 30.1 Å². The second-order valence-corrected chi connectivity index (χ2v) is 17.6. The van der Waals surface area contributed by atoms with Crippen molar-refractivity contribution in [2.24, 2.45) is 0 Å². The largest absolute Gasteiger partial charge is 0.494 e. The Kier molecular flexibility index (Phi) is 19.8. The third kappa shape index (κ3) is 16.0. The van der Waals surface area contributed by atoms with Gasteiger partial charge in [0, 0.05) is 6.42 Å². The average molecular weight is 919 g/mol. The zero-order chi connectivity index (χ0) is 48.1. The molecule has 0 N–H and O–H groups in total. The van der Waals surface area contributed by atoms with Crippen molar-refractivity contribution >= 4 is 34.6 Å². The van der Waals surface area contributed by atoms with Gasteiger partial charge < -0.3 is 23.7 Å². The Morgan fingerprint density at radius 3 is 1.35 bits per heavy atom. The topological polar surface area (TPSA) is 114 Å². The standard InChI is InChI=1S/C59H66O9/c1-5-7-9-12-16-42(3)65-57(61)48-23-19-44(20-24-48)46-29-34-53(35-30-46)67-56(60)18-14-11-15-39-64-55-38-33-50-40-52(28-27-51(50)41-55)59(63)68-54-36-31-47(32-37-54)45-21-25-49(26-22-45)58(62)66-43(4)17-13-10-8-6-2/h19-38,40-43H,5-18,39H2,1-4H3/t42-,43-/m1/s1. The van der Waals surface area contributed by atoms with Gasteiger partial charge in [0.05, 0.1) is 35.5 Å². The minimum atomic E-state index is -0.457. The van der Waals surface area contributed by atoms with Crippen LogP contribution in [0.25, 0.3) is 33.0 Å². The van der Waals surface area contributed by atoms with E-state index in [2.05, 4.69) is 13.8 Å². The zero-order valence-corrected chi connectivity index (χ0v) is 40.1. The maximum absolute atomic E-state index is 13.1. The molecule has 0 saturated carbocycles. The molecule has 2 atom stereocenters. The number of fused-ring (bicyclic) bond motifs is 1. The molecule has 0 aliphatic rings. The summed E-state index contributed by atoms with van der Waals surface area (Å²) >= 11 is 0. The molecule has 0 spiro atoms. The highest BCUT2D eigenvalue weighted by atomic mass is 16.6. The van der Waals surface area contributed by atoms with Crippen LogP contribution in [-0.2, 0) is 14.3 Å². The number of carbonyl (C=O) groups excluding carboxylic acids is 4. The van der Waals surface area contributed by atoms with Crippen molar-refractivity contribution < 1.29 is 42.9 Å². The van der Waals surface area contributed by atoms with Gasteiger partial charge in [-0.05, 0) is 165 Å². The first kappa shape index (κ1) is 50.7. The lowest BCUT2D eigenvalue weighted by Crippen LogP contribution is -2.15. The van der Waals surface area contributed by atoms with E-state index in [1.54, 1.807) is 60.7 Å². The monoisotopic (exact) mass is 918 g/mol. The number of ether oxygens (including phenoxy) is 5. The molecule has 6 rings (SSSR count). The van der Waals surface area contributed by atoms with Gasteiger partial charge in [-0.2, -0.15) is 0 Å². The van der Waals surface area contributed by atoms with E-state index < -0.39 is 5.97 Å². The fraction of sp³-hybridized carbons (Fsp3) is 0.356. The smallest absolute Gasteiger partial charge is 0.343 e. The summed E-state index contributed by atoms with van der Waals surface area (Å²) in [7, 11) is 0. The Morgan fingerprint density at radius 1 is 0.412 bits per heavy atom. The van der Waals surface area contributed by atoms with Gasteiger partial charge in [0.25, 0.3) is 0 Å². The van der Waals surface area contributed by atoms with Gasteiger partial charge in [0.15, 0.2) is 0 Å². The van der Waals surface area contributed by atoms with Gasteiger partial charge in [-0.15, -0.1) is 0 Å². The summed E-state index contributed by atoms with van der Waals surface area (Å²) < 4.78 is 28.6. The Morgan fingerprint density at radius 2 is 0.838 bits per heavy atom. The van der Waals surface area contributed by atoms with E-state index in [0.717, 1.165) is 90.1 Å². The van der Waals surface area contributed by atoms with Gasteiger partial charge in [-0.25, -0.2) is 14.4 Å². The van der Waals surface area contributed by atoms with Crippen molar-refractivity contribution in [1.82, 2.24) is 0 Å². The third-order valence-corrected chi connectivity index (χ3v) is 11.9. The molecule has 68 heavy (non-hydrogen) atoms. The Balaban J connectivity index is 0.868. The van der Waals surface area contributed by atoms with E-state index in [9.17, 15) is 19.2 Å². The molecule has 0 saturated heterocycles. The van der Waals surface area contributed by atoms with Crippen molar-refractivity contribution in [2.45, 2.75) is 130 Å². The van der Waals surface area contributed by atoms with Crippen LogP contribution in [-0.4, -0.2) is 42.7 Å². The summed E-state index contributed by atoms with van der Waals surface area (Å²) in [5.74, 6) is 0.279. The van der Waals surface area contributed by atoms with Crippen molar-refractivity contribution in [3.63, 3.8) is 0 Å². The summed E-state index contributed by atoms with van der Waals surface area (Å²) in [5.41, 5.74) is 5.23. The first-order valence-corrected chi connectivity index (χ1v) is 24.5. The Hall–Kier alpha value is -6.74. The number of benzene rings is 6. The fourth-order valence-corrected chi connectivity index (χ4v) is 7.89. The molecule has 0 amide bonds. The Labute approximate surface area is 402 Å². The van der Waals surface area contributed by atoms with E-state index in [0.29, 0.717) is 47.6 Å². The molecule has 0 radical (unpaired) electrons. The summed E-state index contributed by atoms with van der Waals surface area (Å²) in [6.07, 6.45) is 13.3. The van der Waals surface area contributed by atoms with Crippen molar-refractivity contribution in [3.05, 3.63) is 150 Å². The Bertz CT molecular complexity index is 2530. The predicted octanol–water partition coefficient (Wildman–Crippen LogP) is 15.0. The zero-order valence-electron chi connectivity index (χ0n) is 40.1. The molecule has 0 fully saturated rings. The van der Waals surface area contributed by atoms with Gasteiger partial charge in [-0.3, -0.25) is 4.79 Å². The van der Waals surface area contributed by atoms with Gasteiger partial charge in [-0.1, -0.05) is 113 Å². The van der Waals surface area contributed by atoms with Crippen molar-refractivity contribution in [2.75, 3.05) is 6.61 Å². The molecule has 0 unspecified atom stereocenters. The van der Waals surface area contributed by atoms with Crippen LogP contribution >= 0.6 is 0 Å². The van der Waals surface area contributed by atoms with Gasteiger partial charge >= 0.3 is 23.9 Å². The minimum absolute atomic E-state index is 0.109. The minimum Gasteiger partial charge on any atom is -0.494 e. The molecular weight excluding hydrogens is 853 g/mol. The summed E-state index contributed by atoms with van der Waals surface area (Å²) in [6, 6.07) is 40.5. The number of esters is 4. The van der Waals surface area contributed by atoms with Crippen LogP contribution in [0.1, 0.15) is 149 Å². The molecule has 0 aliphatic heterocycles. The highest BCUT2D eigenvalue weighted by molar-refractivity contribution is 5.97. The highest BCUT2D eigenvalue weighted by Crippen LogP contribution is 2.27. The summed E-state index contributed by atoms with van der Waals surface area (Å²) in [6.45, 7) is 8.75. The lowest BCUT2D eigenvalue weighted by molar-refractivity contribution is -0.134. The SMILES string of the molecule is CCCCCC[C@@H](C)OC(=O)c1ccc(-c2ccc(OC(=O)CCCCCOc3ccc4cc(C(=O)Oc5ccc(-c6ccc(C(=O)O[C@H](C)CCCCCC)cc6)cc5)ccc4c3)cc2)cc1. The van der Waals surface area contributed by atoms with Crippen LogP contribution in [0.3, 0.4) is 0 Å². The molecule has 0 bridgehead atoms. The quantitative estimate of drug-likeness (QED) is 0.0298. The molecular formula is C59H66O9. The molecule has 9 heteroatoms.